The molecule has 178 valence electrons. The predicted octanol–water partition coefficient (Wildman–Crippen LogP) is 4.82. The van der Waals surface area contributed by atoms with Gasteiger partial charge in [-0.15, -0.1) is 0 Å². The molecule has 0 unspecified atom stereocenters. The summed E-state index contributed by atoms with van der Waals surface area (Å²) in [7, 11) is 3.43. The number of nitrogens with one attached hydrogen (secondary N) is 1. The molecule has 3 aromatic heterocycles. The van der Waals surface area contributed by atoms with E-state index in [1.165, 1.54) is 0 Å². The summed E-state index contributed by atoms with van der Waals surface area (Å²) in [5, 5.41) is 16.1. The van der Waals surface area contributed by atoms with E-state index in [0.717, 1.165) is 22.6 Å². The lowest BCUT2D eigenvalue weighted by atomic mass is 10.1. The first kappa shape index (κ1) is 22.6. The number of benzene rings is 1. The Hall–Kier alpha value is -4.21. The molecule has 1 N–H and O–H groups in total. The lowest BCUT2D eigenvalue weighted by molar-refractivity contribution is 0.224. The fourth-order valence-corrected chi connectivity index (χ4v) is 4.03. The van der Waals surface area contributed by atoms with Gasteiger partial charge in [0.1, 0.15) is 5.69 Å². The fraction of sp³-hybridized carbons (Fsp3) is 0.240. The fourth-order valence-electron chi connectivity index (χ4n) is 4.03. The van der Waals surface area contributed by atoms with Crippen LogP contribution in [-0.2, 0) is 19.9 Å². The van der Waals surface area contributed by atoms with Crippen molar-refractivity contribution in [3.8, 4) is 17.0 Å². The van der Waals surface area contributed by atoms with E-state index >= 15 is 0 Å². The Balaban J connectivity index is 1.56. The average Bonchev–Trinajstić information content (AvgIpc) is 3.47. The highest BCUT2D eigenvalue weighted by atomic mass is 19.3. The van der Waals surface area contributed by atoms with E-state index in [2.05, 4.69) is 30.6 Å². The van der Waals surface area contributed by atoms with Crippen molar-refractivity contribution in [2.75, 3.05) is 12.4 Å². The first-order valence-electron chi connectivity index (χ1n) is 11.0. The van der Waals surface area contributed by atoms with Gasteiger partial charge in [-0.05, 0) is 43.3 Å². The first-order chi connectivity index (χ1) is 16.9. The number of hydrogen-bond donors (Lipinski definition) is 1. The quantitative estimate of drug-likeness (QED) is 0.412. The zero-order valence-electron chi connectivity index (χ0n) is 19.5. The summed E-state index contributed by atoms with van der Waals surface area (Å²) < 4.78 is 34.4. The summed E-state index contributed by atoms with van der Waals surface area (Å²) in [6, 6.07) is 13.1. The lowest BCUT2D eigenvalue weighted by Gasteiger charge is -2.16. The van der Waals surface area contributed by atoms with Crippen LogP contribution in [0.1, 0.15) is 22.8 Å². The van der Waals surface area contributed by atoms with Gasteiger partial charge >= 0.3 is 0 Å². The molecule has 0 spiro atoms. The van der Waals surface area contributed by atoms with Crippen molar-refractivity contribution in [3.05, 3.63) is 71.4 Å². The Morgan fingerprint density at radius 3 is 2.63 bits per heavy atom. The van der Waals surface area contributed by atoms with E-state index in [9.17, 15) is 8.78 Å². The normalized spacial score (nSPS) is 12.6. The summed E-state index contributed by atoms with van der Waals surface area (Å²) >= 11 is 0. The number of anilines is 2. The summed E-state index contributed by atoms with van der Waals surface area (Å²) in [5.74, 6) is 0.582. The minimum atomic E-state index is -2.65. The SMILES string of the molecule is COc1c(Nc2cc(Cc3ccc(C)nn3)nc3c2N=C(C(F)F)C3)cccc1-c1ccn(C)n1. The van der Waals surface area contributed by atoms with E-state index < -0.39 is 6.43 Å². The minimum Gasteiger partial charge on any atom is -0.494 e. The van der Waals surface area contributed by atoms with Gasteiger partial charge < -0.3 is 10.1 Å². The van der Waals surface area contributed by atoms with Crippen LogP contribution in [-0.4, -0.2) is 44.2 Å². The Labute approximate surface area is 200 Å². The van der Waals surface area contributed by atoms with Crippen LogP contribution in [0.4, 0.5) is 25.8 Å². The van der Waals surface area contributed by atoms with Crippen LogP contribution in [0.25, 0.3) is 11.3 Å². The Morgan fingerprint density at radius 2 is 1.94 bits per heavy atom. The van der Waals surface area contributed by atoms with Gasteiger partial charge in [0.15, 0.2) is 5.75 Å². The number of hydrogen-bond acceptors (Lipinski definition) is 7. The van der Waals surface area contributed by atoms with Crippen LogP contribution in [0.3, 0.4) is 0 Å². The smallest absolute Gasteiger partial charge is 0.277 e. The molecule has 0 radical (unpaired) electrons. The van der Waals surface area contributed by atoms with Gasteiger partial charge in [0, 0.05) is 37.3 Å². The van der Waals surface area contributed by atoms with Crippen molar-refractivity contribution in [2.24, 2.45) is 12.0 Å². The third kappa shape index (κ3) is 4.59. The lowest BCUT2D eigenvalue weighted by Crippen LogP contribution is -2.10. The third-order valence-corrected chi connectivity index (χ3v) is 5.67. The molecule has 0 fully saturated rings. The monoisotopic (exact) mass is 475 g/mol. The molecule has 0 aliphatic carbocycles. The van der Waals surface area contributed by atoms with Crippen LogP contribution in [0.5, 0.6) is 5.75 Å². The number of aliphatic imine (C=N–C) groups is 1. The van der Waals surface area contributed by atoms with Gasteiger partial charge in [0.25, 0.3) is 6.43 Å². The van der Waals surface area contributed by atoms with Crippen LogP contribution in [0.15, 0.2) is 53.7 Å². The van der Waals surface area contributed by atoms with Gasteiger partial charge in [0.2, 0.25) is 0 Å². The molecule has 0 saturated carbocycles. The molecule has 10 heteroatoms. The number of rotatable bonds is 7. The molecular formula is C25H23F2N7O. The van der Waals surface area contributed by atoms with E-state index in [4.69, 9.17) is 4.74 Å². The van der Waals surface area contributed by atoms with Crippen molar-refractivity contribution in [1.29, 1.82) is 0 Å². The maximum Gasteiger partial charge on any atom is 0.277 e. The number of halogens is 2. The largest absolute Gasteiger partial charge is 0.494 e. The van der Waals surface area contributed by atoms with Crippen molar-refractivity contribution >= 4 is 22.8 Å². The van der Waals surface area contributed by atoms with Crippen LogP contribution < -0.4 is 10.1 Å². The molecule has 1 aromatic carbocycles. The van der Waals surface area contributed by atoms with E-state index in [1.54, 1.807) is 11.8 Å². The molecule has 35 heavy (non-hydrogen) atoms. The molecule has 4 aromatic rings. The standard InChI is InChI=1S/C25H23F2N7O/c1-14-7-8-15(32-31-14)11-16-12-20(23-21(28-16)13-22(30-23)25(26)27)29-19-6-4-5-17(24(19)35-3)18-9-10-34(2)33-18/h4-10,12,25H,11,13H2,1-3H3,(H,28,29). The first-order valence-corrected chi connectivity index (χ1v) is 11.0. The number of aromatic nitrogens is 5. The van der Waals surface area contributed by atoms with Gasteiger partial charge in [0.05, 0.1) is 47.0 Å². The average molecular weight is 476 g/mol. The molecule has 0 saturated heterocycles. The number of aryl methyl sites for hydroxylation is 2. The Kier molecular flexibility index (Phi) is 5.94. The molecule has 0 atom stereocenters. The Morgan fingerprint density at radius 1 is 1.09 bits per heavy atom. The van der Waals surface area contributed by atoms with Crippen molar-refractivity contribution in [2.45, 2.75) is 26.2 Å². The summed E-state index contributed by atoms with van der Waals surface area (Å²) in [4.78, 5) is 8.82. The number of ether oxygens (including phenoxy) is 1. The second-order valence-electron chi connectivity index (χ2n) is 8.27. The molecule has 0 amide bonds. The highest BCUT2D eigenvalue weighted by Gasteiger charge is 2.27. The van der Waals surface area contributed by atoms with Crippen LogP contribution in [0.2, 0.25) is 0 Å². The number of pyridine rings is 1. The van der Waals surface area contributed by atoms with Gasteiger partial charge in [-0.3, -0.25) is 9.67 Å². The second kappa shape index (κ2) is 9.21. The van der Waals surface area contributed by atoms with Gasteiger partial charge in [-0.25, -0.2) is 13.8 Å². The third-order valence-electron chi connectivity index (χ3n) is 5.67. The summed E-state index contributed by atoms with van der Waals surface area (Å²) in [5.41, 5.74) is 5.71. The second-order valence-corrected chi connectivity index (χ2v) is 8.27. The summed E-state index contributed by atoms with van der Waals surface area (Å²) in [6.45, 7) is 1.86. The van der Waals surface area contributed by atoms with Crippen LogP contribution >= 0.6 is 0 Å². The highest BCUT2D eigenvalue weighted by Crippen LogP contribution is 2.41. The van der Waals surface area contributed by atoms with Gasteiger partial charge in [-0.1, -0.05) is 6.07 Å². The number of alkyl halides is 2. The molecule has 1 aliphatic rings. The van der Waals surface area contributed by atoms with Crippen molar-refractivity contribution in [3.63, 3.8) is 0 Å². The molecule has 5 rings (SSSR count). The van der Waals surface area contributed by atoms with Crippen LogP contribution in [0, 0.1) is 6.92 Å². The number of nitrogens with zero attached hydrogens (tertiary/aromatic N) is 6. The maximum absolute atomic E-state index is 13.5. The van der Waals surface area contributed by atoms with Gasteiger partial charge in [-0.2, -0.15) is 15.3 Å². The molecule has 4 heterocycles. The van der Waals surface area contributed by atoms with E-state index in [0.29, 0.717) is 40.6 Å². The molecule has 1 aliphatic heterocycles. The molecule has 8 nitrogen and oxygen atoms in total. The topological polar surface area (TPSA) is 90.1 Å². The number of fused-ring (bicyclic) bond motifs is 1. The molecular weight excluding hydrogens is 452 g/mol. The number of para-hydroxylation sites is 1. The maximum atomic E-state index is 13.5. The van der Waals surface area contributed by atoms with E-state index in [-0.39, 0.29) is 12.1 Å². The zero-order valence-corrected chi connectivity index (χ0v) is 19.5. The minimum absolute atomic E-state index is 0.000205. The highest BCUT2D eigenvalue weighted by molar-refractivity contribution is 5.98. The Bertz CT molecular complexity index is 1410. The summed E-state index contributed by atoms with van der Waals surface area (Å²) in [6.07, 6.45) is -0.388. The number of methoxy groups -OCH3 is 1. The van der Waals surface area contributed by atoms with E-state index in [1.807, 2.05) is 62.6 Å². The van der Waals surface area contributed by atoms with Crippen molar-refractivity contribution < 1.29 is 13.5 Å². The van der Waals surface area contributed by atoms with Crippen molar-refractivity contribution in [1.82, 2.24) is 25.0 Å². The molecule has 0 bridgehead atoms. The predicted molar refractivity (Wildman–Crippen MR) is 129 cm³/mol. The zero-order chi connectivity index (χ0) is 24.5.